The molecule has 0 spiro atoms. The number of carboxylic acids is 1. The maximum atomic E-state index is 13.0. The van der Waals surface area contributed by atoms with Crippen LogP contribution in [0.2, 0.25) is 0 Å². The van der Waals surface area contributed by atoms with Crippen molar-refractivity contribution in [2.45, 2.75) is 24.8 Å². The number of rotatable bonds is 5. The highest BCUT2D eigenvalue weighted by atomic mass is 16.5. The van der Waals surface area contributed by atoms with Crippen molar-refractivity contribution >= 4 is 23.7 Å². The van der Waals surface area contributed by atoms with Crippen LogP contribution in [-0.2, 0) is 9.53 Å². The third-order valence-corrected chi connectivity index (χ3v) is 6.39. The third-order valence-electron chi connectivity index (χ3n) is 6.39. The van der Waals surface area contributed by atoms with Crippen LogP contribution in [-0.4, -0.2) is 52.2 Å². The van der Waals surface area contributed by atoms with E-state index in [1.165, 1.54) is 11.1 Å². The van der Waals surface area contributed by atoms with E-state index in [2.05, 4.69) is 22.4 Å². The molecule has 1 aromatic heterocycles. The van der Waals surface area contributed by atoms with E-state index < -0.39 is 24.0 Å². The minimum atomic E-state index is -1.05. The molecule has 2 aromatic carbocycles. The van der Waals surface area contributed by atoms with Gasteiger partial charge in [0.1, 0.15) is 12.6 Å². The number of aliphatic carboxylic acids is 1. The number of nitrogens with zero attached hydrogens (tertiary/aromatic N) is 2. The van der Waals surface area contributed by atoms with Crippen molar-refractivity contribution in [2.75, 3.05) is 18.5 Å². The lowest BCUT2D eigenvalue weighted by molar-refractivity contribution is -0.141. The molecule has 2 amide bonds. The lowest BCUT2D eigenvalue weighted by Crippen LogP contribution is -2.41. The Morgan fingerprint density at radius 3 is 2.35 bits per heavy atom. The fraction of sp³-hybridized carbons (Fsp3) is 0.231. The van der Waals surface area contributed by atoms with Gasteiger partial charge in [-0.3, -0.25) is 10.1 Å². The van der Waals surface area contributed by atoms with Crippen LogP contribution in [0.15, 0.2) is 66.9 Å². The van der Waals surface area contributed by atoms with Gasteiger partial charge in [-0.1, -0.05) is 48.5 Å². The number of fused-ring (bicyclic) bond motifs is 3. The number of hydrogen-bond acceptors (Lipinski definition) is 5. The molecular formula is C26H23N3O5. The van der Waals surface area contributed by atoms with E-state index in [0.29, 0.717) is 19.4 Å². The average molecular weight is 457 g/mol. The number of carbonyl (C=O) groups excluding carboxylic acids is 2. The number of anilines is 1. The Bertz CT molecular complexity index is 1230. The van der Waals surface area contributed by atoms with Crippen LogP contribution >= 0.6 is 0 Å². The Labute approximate surface area is 196 Å². The van der Waals surface area contributed by atoms with E-state index in [1.54, 1.807) is 12.1 Å². The van der Waals surface area contributed by atoms with Crippen LogP contribution in [0.4, 0.5) is 10.5 Å². The first kappa shape index (κ1) is 21.6. The summed E-state index contributed by atoms with van der Waals surface area (Å²) in [5, 5.41) is 12.0. The predicted molar refractivity (Wildman–Crippen MR) is 125 cm³/mol. The first-order valence-corrected chi connectivity index (χ1v) is 11.2. The van der Waals surface area contributed by atoms with Gasteiger partial charge in [0, 0.05) is 18.7 Å². The molecule has 1 fully saturated rings. The van der Waals surface area contributed by atoms with Crippen molar-refractivity contribution in [1.82, 2.24) is 9.88 Å². The first-order valence-electron chi connectivity index (χ1n) is 11.2. The maximum absolute atomic E-state index is 13.0. The van der Waals surface area contributed by atoms with E-state index >= 15 is 0 Å². The Hall–Kier alpha value is -4.20. The van der Waals surface area contributed by atoms with Crippen molar-refractivity contribution in [2.24, 2.45) is 0 Å². The van der Waals surface area contributed by atoms with Gasteiger partial charge < -0.3 is 14.7 Å². The van der Waals surface area contributed by atoms with Crippen molar-refractivity contribution in [1.29, 1.82) is 0 Å². The molecule has 1 saturated heterocycles. The number of hydrogen-bond donors (Lipinski definition) is 2. The van der Waals surface area contributed by atoms with Crippen LogP contribution in [0, 0.1) is 0 Å². The largest absolute Gasteiger partial charge is 0.480 e. The maximum Gasteiger partial charge on any atom is 0.411 e. The molecule has 8 nitrogen and oxygen atoms in total. The van der Waals surface area contributed by atoms with Gasteiger partial charge in [0.2, 0.25) is 0 Å². The average Bonchev–Trinajstić information content (AvgIpc) is 3.46. The number of aromatic nitrogens is 1. The van der Waals surface area contributed by atoms with Gasteiger partial charge >= 0.3 is 12.1 Å². The van der Waals surface area contributed by atoms with Crippen molar-refractivity contribution < 1.29 is 24.2 Å². The fourth-order valence-corrected chi connectivity index (χ4v) is 4.82. The van der Waals surface area contributed by atoms with Crippen LogP contribution in [0.1, 0.15) is 40.4 Å². The first-order chi connectivity index (χ1) is 16.5. The summed E-state index contributed by atoms with van der Waals surface area (Å²) >= 11 is 0. The molecule has 0 unspecified atom stereocenters. The second-order valence-electron chi connectivity index (χ2n) is 8.34. The lowest BCUT2D eigenvalue weighted by atomic mass is 9.98. The van der Waals surface area contributed by atoms with E-state index in [9.17, 15) is 19.5 Å². The Morgan fingerprint density at radius 1 is 1.00 bits per heavy atom. The molecule has 172 valence electrons. The molecular weight excluding hydrogens is 434 g/mol. The summed E-state index contributed by atoms with van der Waals surface area (Å²) in [6.45, 7) is 0.466. The summed E-state index contributed by atoms with van der Waals surface area (Å²) in [5.74, 6) is -1.67. The van der Waals surface area contributed by atoms with Crippen LogP contribution in [0.5, 0.6) is 0 Å². The van der Waals surface area contributed by atoms with Crippen LogP contribution in [0.25, 0.3) is 11.1 Å². The molecule has 1 aliphatic heterocycles. The highest BCUT2D eigenvalue weighted by Gasteiger charge is 2.36. The summed E-state index contributed by atoms with van der Waals surface area (Å²) in [7, 11) is 0. The van der Waals surface area contributed by atoms with Crippen molar-refractivity contribution in [3.8, 4) is 11.1 Å². The van der Waals surface area contributed by atoms with Gasteiger partial charge in [-0.2, -0.15) is 0 Å². The van der Waals surface area contributed by atoms with Gasteiger partial charge in [0.15, 0.2) is 5.69 Å². The van der Waals surface area contributed by atoms with E-state index in [-0.39, 0.29) is 23.9 Å². The molecule has 0 saturated carbocycles. The number of ether oxygens (including phenoxy) is 1. The number of carboxylic acid groups (broad SMARTS) is 1. The summed E-state index contributed by atoms with van der Waals surface area (Å²) in [6.07, 6.45) is 1.72. The molecule has 0 radical (unpaired) electrons. The summed E-state index contributed by atoms with van der Waals surface area (Å²) in [4.78, 5) is 42.6. The predicted octanol–water partition coefficient (Wildman–Crippen LogP) is 4.13. The highest BCUT2D eigenvalue weighted by molar-refractivity contribution is 6.02. The highest BCUT2D eigenvalue weighted by Crippen LogP contribution is 2.44. The number of likely N-dealkylation sites (tertiary alicyclic amines) is 1. The lowest BCUT2D eigenvalue weighted by Gasteiger charge is -2.22. The number of benzene rings is 2. The molecule has 0 bridgehead atoms. The molecule has 2 aliphatic rings. The van der Waals surface area contributed by atoms with Crippen molar-refractivity contribution in [3.05, 3.63) is 83.7 Å². The molecule has 34 heavy (non-hydrogen) atoms. The summed E-state index contributed by atoms with van der Waals surface area (Å²) in [5.41, 5.74) is 4.63. The molecule has 2 heterocycles. The SMILES string of the molecule is O=C(Nc1cccnc1C(=O)N1CCC[C@H]1C(=O)O)OCC1c2ccccc2-c2ccccc21. The number of amides is 2. The van der Waals surface area contributed by atoms with E-state index in [4.69, 9.17) is 4.74 Å². The number of pyridine rings is 1. The molecule has 1 aliphatic carbocycles. The van der Waals surface area contributed by atoms with Gasteiger partial charge in [0.25, 0.3) is 5.91 Å². The smallest absolute Gasteiger partial charge is 0.411 e. The molecule has 1 atom stereocenters. The minimum absolute atomic E-state index is 0.0100. The topological polar surface area (TPSA) is 109 Å². The standard InChI is InChI=1S/C26H23N3O5/c30-24(29-14-6-12-22(29)25(31)32)23-21(11-5-13-27-23)28-26(33)34-15-20-18-9-3-1-7-16(18)17-8-2-4-10-19(17)20/h1-5,7-11,13,20,22H,6,12,14-15H2,(H,28,33)(H,31,32)/t22-/m0/s1. The second kappa shape index (κ2) is 8.97. The minimum Gasteiger partial charge on any atom is -0.480 e. The zero-order valence-electron chi connectivity index (χ0n) is 18.3. The Kier molecular flexibility index (Phi) is 5.71. The van der Waals surface area contributed by atoms with Gasteiger partial charge in [0.05, 0.1) is 5.69 Å². The van der Waals surface area contributed by atoms with Gasteiger partial charge in [-0.25, -0.2) is 14.6 Å². The molecule has 3 aromatic rings. The van der Waals surface area contributed by atoms with E-state index in [0.717, 1.165) is 22.3 Å². The van der Waals surface area contributed by atoms with Crippen molar-refractivity contribution in [3.63, 3.8) is 0 Å². The summed E-state index contributed by atoms with van der Waals surface area (Å²) < 4.78 is 5.57. The normalized spacial score (nSPS) is 16.6. The fourth-order valence-electron chi connectivity index (χ4n) is 4.82. The zero-order chi connectivity index (χ0) is 23.7. The molecule has 8 heteroatoms. The second-order valence-corrected chi connectivity index (χ2v) is 8.34. The van der Waals surface area contributed by atoms with Crippen LogP contribution < -0.4 is 5.32 Å². The van der Waals surface area contributed by atoms with E-state index in [1.807, 2.05) is 36.4 Å². The Balaban J connectivity index is 1.30. The zero-order valence-corrected chi connectivity index (χ0v) is 18.3. The quantitative estimate of drug-likeness (QED) is 0.596. The monoisotopic (exact) mass is 457 g/mol. The summed E-state index contributed by atoms with van der Waals surface area (Å²) in [6, 6.07) is 18.3. The third kappa shape index (κ3) is 3.87. The molecule has 5 rings (SSSR count). The van der Waals surface area contributed by atoms with Crippen LogP contribution in [0.3, 0.4) is 0 Å². The van der Waals surface area contributed by atoms with Gasteiger partial charge in [-0.15, -0.1) is 0 Å². The molecule has 2 N–H and O–H groups in total. The number of nitrogens with one attached hydrogen (secondary N) is 1. The van der Waals surface area contributed by atoms with Gasteiger partial charge in [-0.05, 0) is 47.2 Å². The number of carbonyl (C=O) groups is 3. The Morgan fingerprint density at radius 2 is 1.68 bits per heavy atom.